The van der Waals surface area contributed by atoms with E-state index in [1.165, 1.54) is 22.6 Å². The van der Waals surface area contributed by atoms with Crippen LogP contribution in [0.15, 0.2) is 27.6 Å². The van der Waals surface area contributed by atoms with Crippen LogP contribution in [0.5, 0.6) is 0 Å². The van der Waals surface area contributed by atoms with Crippen molar-refractivity contribution in [2.24, 2.45) is 0 Å². The lowest BCUT2D eigenvalue weighted by Gasteiger charge is -2.21. The summed E-state index contributed by atoms with van der Waals surface area (Å²) in [6.07, 6.45) is 1.21. The van der Waals surface area contributed by atoms with Gasteiger partial charge in [0.2, 0.25) is 0 Å². The van der Waals surface area contributed by atoms with Gasteiger partial charge in [-0.1, -0.05) is 28.9 Å². The molecule has 0 aliphatic carbocycles. The van der Waals surface area contributed by atoms with Crippen molar-refractivity contribution in [3.05, 3.63) is 28.2 Å². The van der Waals surface area contributed by atoms with Gasteiger partial charge in [-0.25, -0.2) is 0 Å². The maximum atomic E-state index is 3.55. The summed E-state index contributed by atoms with van der Waals surface area (Å²) in [5.74, 6) is 1.18. The Kier molecular flexibility index (Phi) is 6.04. The van der Waals surface area contributed by atoms with Crippen LogP contribution in [-0.4, -0.2) is 11.3 Å². The van der Waals surface area contributed by atoms with Crippen molar-refractivity contribution in [2.75, 3.05) is 5.75 Å². The highest BCUT2D eigenvalue weighted by atomic mass is 79.9. The van der Waals surface area contributed by atoms with Gasteiger partial charge in [0, 0.05) is 21.5 Å². The Bertz CT molecular complexity index is 358. The largest absolute Gasteiger partial charge is 0.308 e. The molecule has 1 rings (SSSR count). The average molecular weight is 316 g/mol. The topological polar surface area (TPSA) is 12.0 Å². The van der Waals surface area contributed by atoms with E-state index in [1.807, 2.05) is 11.8 Å². The third-order valence-corrected chi connectivity index (χ3v) is 4.10. The van der Waals surface area contributed by atoms with Crippen molar-refractivity contribution in [1.29, 1.82) is 0 Å². The molecular formula is C14H22BrNS. The van der Waals surface area contributed by atoms with Crippen molar-refractivity contribution < 1.29 is 0 Å². The van der Waals surface area contributed by atoms with E-state index in [1.54, 1.807) is 0 Å². The van der Waals surface area contributed by atoms with Crippen LogP contribution in [0.4, 0.5) is 0 Å². The van der Waals surface area contributed by atoms with E-state index in [0.717, 1.165) is 11.0 Å². The third kappa shape index (κ3) is 5.94. The van der Waals surface area contributed by atoms with Crippen molar-refractivity contribution in [3.8, 4) is 0 Å². The molecule has 0 amide bonds. The molecule has 0 radical (unpaired) electrons. The van der Waals surface area contributed by atoms with Crippen LogP contribution in [-0.2, 0) is 6.54 Å². The molecule has 0 saturated heterocycles. The Morgan fingerprint density at radius 2 is 2.00 bits per heavy atom. The van der Waals surface area contributed by atoms with Gasteiger partial charge < -0.3 is 5.32 Å². The molecule has 17 heavy (non-hydrogen) atoms. The van der Waals surface area contributed by atoms with Crippen LogP contribution in [0.3, 0.4) is 0 Å². The lowest BCUT2D eigenvalue weighted by atomic mass is 10.1. The van der Waals surface area contributed by atoms with Crippen LogP contribution in [0.1, 0.15) is 39.7 Å². The van der Waals surface area contributed by atoms with Crippen LogP contribution in [0.25, 0.3) is 0 Å². The molecule has 96 valence electrons. The molecule has 0 fully saturated rings. The van der Waals surface area contributed by atoms with Gasteiger partial charge in [0.15, 0.2) is 0 Å². The minimum absolute atomic E-state index is 0.166. The smallest absolute Gasteiger partial charge is 0.0221 e. The predicted molar refractivity (Wildman–Crippen MR) is 81.7 cm³/mol. The number of hydrogen-bond acceptors (Lipinski definition) is 2. The third-order valence-electron chi connectivity index (χ3n) is 2.30. The second kappa shape index (κ2) is 6.81. The van der Waals surface area contributed by atoms with Crippen LogP contribution in [0, 0.1) is 0 Å². The fourth-order valence-electron chi connectivity index (χ4n) is 1.38. The maximum Gasteiger partial charge on any atom is 0.0221 e. The molecule has 1 nitrogen and oxygen atoms in total. The van der Waals surface area contributed by atoms with E-state index < -0.39 is 0 Å². The second-order valence-corrected chi connectivity index (χ2v) is 7.26. The quantitative estimate of drug-likeness (QED) is 0.780. The zero-order valence-electron chi connectivity index (χ0n) is 11.1. The van der Waals surface area contributed by atoms with E-state index in [9.17, 15) is 0 Å². The fourth-order valence-corrected chi connectivity index (χ4v) is 2.85. The van der Waals surface area contributed by atoms with Crippen molar-refractivity contribution in [1.82, 2.24) is 5.32 Å². The van der Waals surface area contributed by atoms with Crippen molar-refractivity contribution in [2.45, 2.75) is 51.1 Å². The van der Waals surface area contributed by atoms with Crippen LogP contribution < -0.4 is 5.32 Å². The zero-order chi connectivity index (χ0) is 12.9. The Morgan fingerprint density at radius 1 is 1.29 bits per heavy atom. The van der Waals surface area contributed by atoms with E-state index in [2.05, 4.69) is 67.1 Å². The van der Waals surface area contributed by atoms with Gasteiger partial charge in [0.05, 0.1) is 0 Å². The van der Waals surface area contributed by atoms with E-state index in [-0.39, 0.29) is 5.54 Å². The van der Waals surface area contributed by atoms with Gasteiger partial charge in [-0.3, -0.25) is 0 Å². The van der Waals surface area contributed by atoms with Gasteiger partial charge in [-0.15, -0.1) is 11.8 Å². The summed E-state index contributed by atoms with van der Waals surface area (Å²) in [5.41, 5.74) is 1.56. The number of rotatable bonds is 5. The first-order valence-corrected chi connectivity index (χ1v) is 7.86. The first kappa shape index (κ1) is 15.1. The second-order valence-electron chi connectivity index (χ2n) is 5.20. The Balaban J connectivity index is 2.75. The molecule has 0 aliphatic rings. The summed E-state index contributed by atoms with van der Waals surface area (Å²) in [5, 5.41) is 3.55. The van der Waals surface area contributed by atoms with Gasteiger partial charge in [0.25, 0.3) is 0 Å². The SMILES string of the molecule is CCCSc1cc(Br)ccc1CNC(C)(C)C. The van der Waals surface area contributed by atoms with Crippen molar-refractivity contribution in [3.63, 3.8) is 0 Å². The molecule has 0 aromatic heterocycles. The fraction of sp³-hybridized carbons (Fsp3) is 0.571. The Hall–Kier alpha value is 0.01000. The molecule has 0 unspecified atom stereocenters. The minimum Gasteiger partial charge on any atom is -0.308 e. The number of thioether (sulfide) groups is 1. The molecule has 0 bridgehead atoms. The monoisotopic (exact) mass is 315 g/mol. The average Bonchev–Trinajstić information content (AvgIpc) is 2.23. The normalized spacial score (nSPS) is 11.8. The van der Waals surface area contributed by atoms with E-state index in [4.69, 9.17) is 0 Å². The molecule has 1 aromatic rings. The van der Waals surface area contributed by atoms with Crippen LogP contribution in [0.2, 0.25) is 0 Å². The highest BCUT2D eigenvalue weighted by Gasteiger charge is 2.10. The molecule has 0 aliphatic heterocycles. The molecule has 0 atom stereocenters. The molecule has 0 spiro atoms. The summed E-state index contributed by atoms with van der Waals surface area (Å²) >= 11 is 5.49. The Labute approximate surface area is 118 Å². The lowest BCUT2D eigenvalue weighted by Crippen LogP contribution is -2.35. The van der Waals surface area contributed by atoms with Crippen molar-refractivity contribution >= 4 is 27.7 Å². The molecular weight excluding hydrogens is 294 g/mol. The summed E-state index contributed by atoms with van der Waals surface area (Å²) in [7, 11) is 0. The number of hydrogen-bond donors (Lipinski definition) is 1. The molecule has 0 heterocycles. The molecule has 3 heteroatoms. The number of nitrogens with one attached hydrogen (secondary N) is 1. The van der Waals surface area contributed by atoms with Gasteiger partial charge in [-0.2, -0.15) is 0 Å². The maximum absolute atomic E-state index is 3.55. The van der Waals surface area contributed by atoms with Gasteiger partial charge in [0.1, 0.15) is 0 Å². The highest BCUT2D eigenvalue weighted by molar-refractivity contribution is 9.10. The molecule has 1 N–H and O–H groups in total. The van der Waals surface area contributed by atoms with E-state index >= 15 is 0 Å². The van der Waals surface area contributed by atoms with Gasteiger partial charge >= 0.3 is 0 Å². The summed E-state index contributed by atoms with van der Waals surface area (Å²) < 4.78 is 1.16. The standard InChI is InChI=1S/C14H22BrNS/c1-5-8-17-13-9-12(15)7-6-11(13)10-16-14(2,3)4/h6-7,9,16H,5,8,10H2,1-4H3. The van der Waals surface area contributed by atoms with Crippen LogP contribution >= 0.6 is 27.7 Å². The predicted octanol–water partition coefficient (Wildman–Crippen LogP) is 4.84. The number of benzene rings is 1. The first-order valence-electron chi connectivity index (χ1n) is 6.08. The first-order chi connectivity index (χ1) is 7.92. The zero-order valence-corrected chi connectivity index (χ0v) is 13.5. The minimum atomic E-state index is 0.166. The van der Waals surface area contributed by atoms with Gasteiger partial charge in [-0.05, 0) is 50.6 Å². The van der Waals surface area contributed by atoms with E-state index in [0.29, 0.717) is 0 Å². The molecule has 0 saturated carbocycles. The highest BCUT2D eigenvalue weighted by Crippen LogP contribution is 2.27. The summed E-state index contributed by atoms with van der Waals surface area (Å²) in [6, 6.07) is 6.55. The number of halogens is 1. The summed E-state index contributed by atoms with van der Waals surface area (Å²) in [6.45, 7) is 9.75. The summed E-state index contributed by atoms with van der Waals surface area (Å²) in [4.78, 5) is 1.39. The molecule has 1 aromatic carbocycles. The lowest BCUT2D eigenvalue weighted by molar-refractivity contribution is 0.422. The Morgan fingerprint density at radius 3 is 2.59 bits per heavy atom.